The molecule has 0 aliphatic heterocycles. The first-order valence-electron chi connectivity index (χ1n) is 6.66. The Labute approximate surface area is 131 Å². The average Bonchev–Trinajstić information content (AvgIpc) is 3.24. The van der Waals surface area contributed by atoms with Crippen molar-refractivity contribution in [2.75, 3.05) is 14.2 Å². The lowest BCUT2D eigenvalue weighted by molar-refractivity contribution is 0.354. The molecular formula is C15H16N4O2S. The van der Waals surface area contributed by atoms with Gasteiger partial charge in [-0.1, -0.05) is 12.1 Å². The zero-order valence-electron chi connectivity index (χ0n) is 12.2. The van der Waals surface area contributed by atoms with Gasteiger partial charge in [-0.15, -0.1) is 11.3 Å². The van der Waals surface area contributed by atoms with E-state index in [1.807, 2.05) is 35.7 Å². The highest BCUT2D eigenvalue weighted by atomic mass is 32.1. The summed E-state index contributed by atoms with van der Waals surface area (Å²) in [5.74, 6) is 2.56. The summed E-state index contributed by atoms with van der Waals surface area (Å²) in [5, 5.41) is 9.11. The Kier molecular flexibility index (Phi) is 4.08. The molecule has 0 amide bonds. The molecule has 0 bridgehead atoms. The molecule has 1 atom stereocenters. The number of nitrogens with zero attached hydrogens (tertiary/aromatic N) is 2. The van der Waals surface area contributed by atoms with Crippen LogP contribution in [0, 0.1) is 0 Å². The van der Waals surface area contributed by atoms with E-state index >= 15 is 0 Å². The number of rotatable bonds is 5. The Bertz CT molecular complexity index is 755. The number of methoxy groups -OCH3 is 2. The van der Waals surface area contributed by atoms with Crippen molar-refractivity contribution in [3.05, 3.63) is 47.1 Å². The predicted molar refractivity (Wildman–Crippen MR) is 85.3 cm³/mol. The molecule has 0 saturated carbocycles. The van der Waals surface area contributed by atoms with E-state index in [4.69, 9.17) is 15.2 Å². The average molecular weight is 316 g/mol. The Morgan fingerprint density at radius 1 is 1.18 bits per heavy atom. The number of nitrogens with one attached hydrogen (secondary N) is 1. The number of aromatic amines is 1. The van der Waals surface area contributed by atoms with Gasteiger partial charge < -0.3 is 15.2 Å². The number of ether oxygens (including phenoxy) is 2. The van der Waals surface area contributed by atoms with E-state index in [9.17, 15) is 0 Å². The van der Waals surface area contributed by atoms with Gasteiger partial charge in [-0.05, 0) is 29.1 Å². The lowest BCUT2D eigenvalue weighted by atomic mass is 10.1. The number of hydrogen-bond acceptors (Lipinski definition) is 6. The molecule has 22 heavy (non-hydrogen) atoms. The Balaban J connectivity index is 1.89. The van der Waals surface area contributed by atoms with Gasteiger partial charge in [-0.2, -0.15) is 5.10 Å². The Hall–Kier alpha value is -2.38. The van der Waals surface area contributed by atoms with Crippen LogP contribution in [-0.4, -0.2) is 29.4 Å². The van der Waals surface area contributed by atoms with Crippen LogP contribution >= 0.6 is 11.3 Å². The van der Waals surface area contributed by atoms with Crippen LogP contribution in [0.4, 0.5) is 0 Å². The normalized spacial score (nSPS) is 12.1. The lowest BCUT2D eigenvalue weighted by Gasteiger charge is -2.12. The third kappa shape index (κ3) is 2.68. The van der Waals surface area contributed by atoms with Gasteiger partial charge in [0.25, 0.3) is 0 Å². The lowest BCUT2D eigenvalue weighted by Crippen LogP contribution is -2.14. The highest BCUT2D eigenvalue weighted by molar-refractivity contribution is 7.13. The SMILES string of the molecule is COc1ccc(C(N)c2nc(-c3cccs3)n[nH]2)cc1OC. The largest absolute Gasteiger partial charge is 0.493 e. The summed E-state index contributed by atoms with van der Waals surface area (Å²) in [6.45, 7) is 0. The van der Waals surface area contributed by atoms with Gasteiger partial charge >= 0.3 is 0 Å². The van der Waals surface area contributed by atoms with E-state index in [-0.39, 0.29) is 0 Å². The van der Waals surface area contributed by atoms with Gasteiger partial charge in [-0.25, -0.2) is 4.98 Å². The highest BCUT2D eigenvalue weighted by Crippen LogP contribution is 2.31. The molecule has 0 fully saturated rings. The monoisotopic (exact) mass is 316 g/mol. The summed E-state index contributed by atoms with van der Waals surface area (Å²) in [6, 6.07) is 9.07. The maximum Gasteiger partial charge on any atom is 0.191 e. The smallest absolute Gasteiger partial charge is 0.191 e. The second-order valence-corrected chi connectivity index (χ2v) is 5.56. The fourth-order valence-corrected chi connectivity index (χ4v) is 2.79. The first kappa shape index (κ1) is 14.6. The second kappa shape index (κ2) is 6.17. The van der Waals surface area contributed by atoms with Crippen molar-refractivity contribution in [2.45, 2.75) is 6.04 Å². The first-order chi connectivity index (χ1) is 10.7. The van der Waals surface area contributed by atoms with Crippen LogP contribution in [0.1, 0.15) is 17.4 Å². The Morgan fingerprint density at radius 2 is 2.00 bits per heavy atom. The number of nitrogens with two attached hydrogens (primary N) is 1. The molecule has 6 nitrogen and oxygen atoms in total. The summed E-state index contributed by atoms with van der Waals surface area (Å²) in [5.41, 5.74) is 7.14. The number of thiophene rings is 1. The fourth-order valence-electron chi connectivity index (χ4n) is 2.13. The number of aromatic nitrogens is 3. The molecule has 0 spiro atoms. The summed E-state index contributed by atoms with van der Waals surface area (Å²) in [7, 11) is 3.19. The fraction of sp³-hybridized carbons (Fsp3) is 0.200. The summed E-state index contributed by atoms with van der Waals surface area (Å²) < 4.78 is 10.5. The van der Waals surface area contributed by atoms with Crippen LogP contribution in [-0.2, 0) is 0 Å². The van der Waals surface area contributed by atoms with Gasteiger partial charge in [0.1, 0.15) is 5.82 Å². The molecule has 0 saturated heterocycles. The van der Waals surface area contributed by atoms with Crippen molar-refractivity contribution in [1.29, 1.82) is 0 Å². The molecule has 7 heteroatoms. The van der Waals surface area contributed by atoms with E-state index in [0.717, 1.165) is 10.4 Å². The standard InChI is InChI=1S/C15H16N4O2S/c1-20-10-6-5-9(8-11(10)21-2)13(16)15-17-14(18-19-15)12-4-3-7-22-12/h3-8,13H,16H2,1-2H3,(H,17,18,19). The summed E-state index contributed by atoms with van der Waals surface area (Å²) >= 11 is 1.59. The van der Waals surface area contributed by atoms with Crippen LogP contribution in [0.5, 0.6) is 11.5 Å². The number of hydrogen-bond donors (Lipinski definition) is 2. The third-order valence-corrected chi connectivity index (χ3v) is 4.17. The zero-order valence-corrected chi connectivity index (χ0v) is 13.1. The van der Waals surface area contributed by atoms with E-state index in [1.54, 1.807) is 25.6 Å². The van der Waals surface area contributed by atoms with Gasteiger partial charge in [-0.3, -0.25) is 5.10 Å². The minimum Gasteiger partial charge on any atom is -0.493 e. The second-order valence-electron chi connectivity index (χ2n) is 4.61. The summed E-state index contributed by atoms with van der Waals surface area (Å²) in [6.07, 6.45) is 0. The molecule has 3 aromatic rings. The molecule has 1 unspecified atom stereocenters. The molecule has 3 rings (SSSR count). The van der Waals surface area contributed by atoms with E-state index < -0.39 is 6.04 Å². The molecule has 2 heterocycles. The highest BCUT2D eigenvalue weighted by Gasteiger charge is 2.17. The number of H-pyrrole nitrogens is 1. The predicted octanol–water partition coefficient (Wildman–Crippen LogP) is 2.60. The molecule has 1 aromatic carbocycles. The first-order valence-corrected chi connectivity index (χ1v) is 7.54. The molecule has 0 aliphatic carbocycles. The van der Waals surface area contributed by atoms with Crippen molar-refractivity contribution >= 4 is 11.3 Å². The molecule has 0 aliphatic rings. The van der Waals surface area contributed by atoms with Gasteiger partial charge in [0.05, 0.1) is 25.1 Å². The third-order valence-electron chi connectivity index (χ3n) is 3.31. The quantitative estimate of drug-likeness (QED) is 0.755. The van der Waals surface area contributed by atoms with Gasteiger partial charge in [0, 0.05) is 0 Å². The van der Waals surface area contributed by atoms with Crippen LogP contribution in [0.2, 0.25) is 0 Å². The zero-order chi connectivity index (χ0) is 15.5. The molecule has 2 aromatic heterocycles. The minimum atomic E-state index is -0.416. The maximum atomic E-state index is 6.27. The number of benzene rings is 1. The van der Waals surface area contributed by atoms with E-state index in [0.29, 0.717) is 23.1 Å². The van der Waals surface area contributed by atoms with Crippen molar-refractivity contribution in [3.8, 4) is 22.2 Å². The van der Waals surface area contributed by atoms with Crippen molar-refractivity contribution in [3.63, 3.8) is 0 Å². The van der Waals surface area contributed by atoms with Crippen LogP contribution in [0.3, 0.4) is 0 Å². The van der Waals surface area contributed by atoms with E-state index in [1.165, 1.54) is 0 Å². The van der Waals surface area contributed by atoms with Crippen LogP contribution in [0.25, 0.3) is 10.7 Å². The summed E-state index contributed by atoms with van der Waals surface area (Å²) in [4.78, 5) is 5.48. The van der Waals surface area contributed by atoms with Crippen molar-refractivity contribution < 1.29 is 9.47 Å². The maximum absolute atomic E-state index is 6.27. The van der Waals surface area contributed by atoms with Crippen molar-refractivity contribution in [2.24, 2.45) is 5.73 Å². The molecule has 114 valence electrons. The van der Waals surface area contributed by atoms with Crippen LogP contribution in [0.15, 0.2) is 35.7 Å². The van der Waals surface area contributed by atoms with Crippen LogP contribution < -0.4 is 15.2 Å². The molecule has 0 radical (unpaired) electrons. The van der Waals surface area contributed by atoms with E-state index in [2.05, 4.69) is 15.2 Å². The van der Waals surface area contributed by atoms with Crippen molar-refractivity contribution in [1.82, 2.24) is 15.2 Å². The van der Waals surface area contributed by atoms with Gasteiger partial charge in [0.2, 0.25) is 0 Å². The topological polar surface area (TPSA) is 86.0 Å². The van der Waals surface area contributed by atoms with Gasteiger partial charge in [0.15, 0.2) is 17.3 Å². The Morgan fingerprint density at radius 3 is 2.68 bits per heavy atom. The minimum absolute atomic E-state index is 0.416. The molecular weight excluding hydrogens is 300 g/mol. The molecule has 3 N–H and O–H groups in total.